The molecule has 146 valence electrons. The molecular formula is C19H18BrN3O4S. The van der Waals surface area contributed by atoms with Crippen LogP contribution >= 0.6 is 15.9 Å². The molecule has 2 aromatic carbocycles. The van der Waals surface area contributed by atoms with Crippen LogP contribution in [0.2, 0.25) is 0 Å². The van der Waals surface area contributed by atoms with Crippen molar-refractivity contribution in [2.45, 2.75) is 11.8 Å². The van der Waals surface area contributed by atoms with E-state index >= 15 is 0 Å². The molecule has 7 nitrogen and oxygen atoms in total. The fraction of sp³-hybridized carbons (Fsp3) is 0.158. The lowest BCUT2D eigenvalue weighted by atomic mass is 10.1. The second-order valence-electron chi connectivity index (χ2n) is 5.89. The van der Waals surface area contributed by atoms with Crippen LogP contribution in [0.3, 0.4) is 0 Å². The first-order valence-corrected chi connectivity index (χ1v) is 10.7. The first-order valence-electron chi connectivity index (χ1n) is 8.40. The minimum absolute atomic E-state index is 0.0486. The lowest BCUT2D eigenvalue weighted by molar-refractivity contribution is 0.331. The van der Waals surface area contributed by atoms with Gasteiger partial charge in [0.1, 0.15) is 10.6 Å². The molecule has 0 aliphatic rings. The van der Waals surface area contributed by atoms with Gasteiger partial charge in [0.2, 0.25) is 0 Å². The zero-order valence-electron chi connectivity index (χ0n) is 15.2. The number of aryl methyl sites for hydroxylation is 1. The van der Waals surface area contributed by atoms with Crippen LogP contribution in [-0.2, 0) is 17.1 Å². The van der Waals surface area contributed by atoms with Gasteiger partial charge in [-0.3, -0.25) is 9.52 Å². The molecule has 0 unspecified atom stereocenters. The summed E-state index contributed by atoms with van der Waals surface area (Å²) in [5.74, 6) is 0.282. The highest BCUT2D eigenvalue weighted by Gasteiger charge is 2.20. The largest absolute Gasteiger partial charge is 0.492 e. The first-order chi connectivity index (χ1) is 13.3. The van der Waals surface area contributed by atoms with Gasteiger partial charge in [0, 0.05) is 28.8 Å². The summed E-state index contributed by atoms with van der Waals surface area (Å²) in [6, 6.07) is 14.6. The molecule has 0 aliphatic heterocycles. The third-order valence-electron chi connectivity index (χ3n) is 3.89. The Kier molecular flexibility index (Phi) is 5.85. The number of nitrogens with one attached hydrogen (secondary N) is 1. The monoisotopic (exact) mass is 463 g/mol. The van der Waals surface area contributed by atoms with Gasteiger partial charge < -0.3 is 4.74 Å². The van der Waals surface area contributed by atoms with Gasteiger partial charge in [-0.05, 0) is 43.3 Å². The lowest BCUT2D eigenvalue weighted by Gasteiger charge is -2.13. The van der Waals surface area contributed by atoms with Gasteiger partial charge in [0.05, 0.1) is 12.3 Å². The zero-order chi connectivity index (χ0) is 20.3. The average molecular weight is 464 g/mol. The number of sulfonamides is 1. The summed E-state index contributed by atoms with van der Waals surface area (Å²) in [6.07, 6.45) is 0. The van der Waals surface area contributed by atoms with Crippen LogP contribution in [0.5, 0.6) is 5.75 Å². The van der Waals surface area contributed by atoms with Crippen LogP contribution in [0.25, 0.3) is 11.3 Å². The van der Waals surface area contributed by atoms with E-state index < -0.39 is 10.0 Å². The molecule has 0 spiro atoms. The van der Waals surface area contributed by atoms with Crippen molar-refractivity contribution < 1.29 is 13.2 Å². The van der Waals surface area contributed by atoms with Crippen molar-refractivity contribution >= 4 is 31.6 Å². The maximum atomic E-state index is 12.8. The fourth-order valence-corrected chi connectivity index (χ4v) is 4.28. The number of rotatable bonds is 6. The Morgan fingerprint density at radius 1 is 1.11 bits per heavy atom. The standard InChI is InChI=1S/C19H18BrN3O4S/c1-3-27-17-10-6-14(20)12-18(17)28(25,26)22-15-7-4-13(5-8-15)16-9-11-19(24)23(2)21-16/h4-12,22H,3H2,1-2H3. The van der Waals surface area contributed by atoms with Gasteiger partial charge in [-0.15, -0.1) is 0 Å². The van der Waals surface area contributed by atoms with Crippen molar-refractivity contribution in [3.8, 4) is 17.0 Å². The van der Waals surface area contributed by atoms with Crippen LogP contribution in [0.15, 0.2) is 68.8 Å². The number of halogens is 1. The van der Waals surface area contributed by atoms with Crippen LogP contribution in [-0.4, -0.2) is 24.8 Å². The highest BCUT2D eigenvalue weighted by atomic mass is 79.9. The second kappa shape index (κ2) is 8.15. The minimum Gasteiger partial charge on any atom is -0.492 e. The molecule has 28 heavy (non-hydrogen) atoms. The SMILES string of the molecule is CCOc1ccc(Br)cc1S(=O)(=O)Nc1ccc(-c2ccc(=O)n(C)n2)cc1. The van der Waals surface area contributed by atoms with Crippen molar-refractivity contribution in [2.75, 3.05) is 11.3 Å². The molecular weight excluding hydrogens is 446 g/mol. The summed E-state index contributed by atoms with van der Waals surface area (Å²) >= 11 is 3.29. The fourth-order valence-electron chi connectivity index (χ4n) is 2.54. The number of nitrogens with zero attached hydrogens (tertiary/aromatic N) is 2. The molecule has 9 heteroatoms. The molecule has 3 rings (SSSR count). The topological polar surface area (TPSA) is 90.3 Å². The Labute approximate surface area is 171 Å². The number of hydrogen-bond acceptors (Lipinski definition) is 5. The molecule has 0 amide bonds. The minimum atomic E-state index is -3.84. The third kappa shape index (κ3) is 4.42. The number of aromatic nitrogens is 2. The number of ether oxygens (including phenoxy) is 1. The molecule has 3 aromatic rings. The van der Waals surface area contributed by atoms with E-state index in [4.69, 9.17) is 4.74 Å². The molecule has 0 atom stereocenters. The van der Waals surface area contributed by atoms with Crippen molar-refractivity contribution in [2.24, 2.45) is 7.05 Å². The number of benzene rings is 2. The van der Waals surface area contributed by atoms with E-state index in [-0.39, 0.29) is 16.2 Å². The maximum Gasteiger partial charge on any atom is 0.266 e. The van der Waals surface area contributed by atoms with Gasteiger partial charge in [-0.2, -0.15) is 5.10 Å². The number of anilines is 1. The van der Waals surface area contributed by atoms with Crippen molar-refractivity contribution in [3.63, 3.8) is 0 Å². The van der Waals surface area contributed by atoms with E-state index in [2.05, 4.69) is 25.8 Å². The highest BCUT2D eigenvalue weighted by Crippen LogP contribution is 2.29. The molecule has 1 heterocycles. The lowest BCUT2D eigenvalue weighted by Crippen LogP contribution is -2.18. The van der Waals surface area contributed by atoms with Crippen molar-refractivity contribution in [1.29, 1.82) is 0 Å². The number of hydrogen-bond donors (Lipinski definition) is 1. The summed E-state index contributed by atoms with van der Waals surface area (Å²) in [7, 11) is -2.27. The van der Waals surface area contributed by atoms with Crippen molar-refractivity contribution in [3.05, 3.63) is 69.4 Å². The van der Waals surface area contributed by atoms with Gasteiger partial charge in [0.15, 0.2) is 0 Å². The van der Waals surface area contributed by atoms with Crippen LogP contribution in [0.1, 0.15) is 6.92 Å². The first kappa shape index (κ1) is 20.1. The Balaban J connectivity index is 1.88. The predicted molar refractivity (Wildman–Crippen MR) is 111 cm³/mol. The average Bonchev–Trinajstić information content (AvgIpc) is 2.66. The molecule has 0 fully saturated rings. The maximum absolute atomic E-state index is 12.8. The Bertz CT molecular complexity index is 1160. The summed E-state index contributed by atoms with van der Waals surface area (Å²) < 4.78 is 35.5. The van der Waals surface area contributed by atoms with Gasteiger partial charge in [-0.1, -0.05) is 28.1 Å². The summed E-state index contributed by atoms with van der Waals surface area (Å²) in [6.45, 7) is 2.14. The van der Waals surface area contributed by atoms with E-state index in [1.54, 1.807) is 56.4 Å². The van der Waals surface area contributed by atoms with E-state index in [0.29, 0.717) is 22.5 Å². The van der Waals surface area contributed by atoms with Gasteiger partial charge in [-0.25, -0.2) is 13.1 Å². The summed E-state index contributed by atoms with van der Waals surface area (Å²) in [4.78, 5) is 11.5. The molecule has 0 aliphatic carbocycles. The van der Waals surface area contributed by atoms with Crippen molar-refractivity contribution in [1.82, 2.24) is 9.78 Å². The third-order valence-corrected chi connectivity index (χ3v) is 5.78. The smallest absolute Gasteiger partial charge is 0.266 e. The molecule has 0 saturated carbocycles. The van der Waals surface area contributed by atoms with Crippen LogP contribution in [0.4, 0.5) is 5.69 Å². The molecule has 1 N–H and O–H groups in total. The second-order valence-corrected chi connectivity index (χ2v) is 8.45. The highest BCUT2D eigenvalue weighted by molar-refractivity contribution is 9.10. The summed E-state index contributed by atoms with van der Waals surface area (Å²) in [5, 5.41) is 4.18. The van der Waals surface area contributed by atoms with Gasteiger partial charge >= 0.3 is 0 Å². The predicted octanol–water partition coefficient (Wildman–Crippen LogP) is 3.41. The van der Waals surface area contributed by atoms with E-state index in [0.717, 1.165) is 5.56 Å². The Morgan fingerprint density at radius 2 is 1.82 bits per heavy atom. The Morgan fingerprint density at radius 3 is 2.46 bits per heavy atom. The van der Waals surface area contributed by atoms with E-state index in [1.165, 1.54) is 16.8 Å². The Hall–Kier alpha value is -2.65. The zero-order valence-corrected chi connectivity index (χ0v) is 17.6. The quantitative estimate of drug-likeness (QED) is 0.604. The molecule has 0 bridgehead atoms. The van der Waals surface area contributed by atoms with E-state index in [9.17, 15) is 13.2 Å². The molecule has 1 aromatic heterocycles. The molecule has 0 saturated heterocycles. The normalized spacial score (nSPS) is 11.2. The van der Waals surface area contributed by atoms with Crippen LogP contribution < -0.4 is 15.0 Å². The molecule has 0 radical (unpaired) electrons. The van der Waals surface area contributed by atoms with Crippen LogP contribution in [0, 0.1) is 0 Å². The van der Waals surface area contributed by atoms with Gasteiger partial charge in [0.25, 0.3) is 15.6 Å². The van der Waals surface area contributed by atoms with E-state index in [1.807, 2.05) is 0 Å². The summed E-state index contributed by atoms with van der Waals surface area (Å²) in [5.41, 5.74) is 1.57.